The van der Waals surface area contributed by atoms with Crippen molar-refractivity contribution in [2.45, 2.75) is 161 Å². The van der Waals surface area contributed by atoms with E-state index in [1.165, 1.54) is 132 Å². The first-order valence-corrected chi connectivity index (χ1v) is 18.6. The van der Waals surface area contributed by atoms with E-state index in [2.05, 4.69) is 93.6 Å². The molecule has 0 radical (unpaired) electrons. The van der Waals surface area contributed by atoms with E-state index >= 15 is 0 Å². The second-order valence-electron chi connectivity index (χ2n) is 13.4. The minimum absolute atomic E-state index is 0.955. The van der Waals surface area contributed by atoms with Crippen LogP contribution in [0.1, 0.15) is 170 Å². The van der Waals surface area contributed by atoms with Crippen LogP contribution < -0.4 is 0 Å². The summed E-state index contributed by atoms with van der Waals surface area (Å²) in [5.41, 5.74) is 5.81. The Balaban J connectivity index is 1.72. The van der Waals surface area contributed by atoms with Gasteiger partial charge in [0, 0.05) is 0 Å². The lowest BCUT2D eigenvalue weighted by atomic mass is 9.79. The summed E-state index contributed by atoms with van der Waals surface area (Å²) in [5.74, 6) is 0. The molecule has 0 aliphatic heterocycles. The number of hydrogen-bond acceptors (Lipinski definition) is 1. The van der Waals surface area contributed by atoms with Gasteiger partial charge >= 0.3 is 0 Å². The SMILES string of the molecule is CCCCCCCCc1ccc(C(O)(c2ccc(CCCCCCCC)cc2)c2ccc(CCCCCCCC)cc2)cc1. The first-order chi connectivity index (χ1) is 21.6. The van der Waals surface area contributed by atoms with Crippen molar-refractivity contribution in [2.75, 3.05) is 0 Å². The molecular weight excluding hydrogens is 532 g/mol. The van der Waals surface area contributed by atoms with Crippen LogP contribution in [0.5, 0.6) is 0 Å². The summed E-state index contributed by atoms with van der Waals surface area (Å²) in [5, 5.41) is 12.6. The van der Waals surface area contributed by atoms with Gasteiger partial charge < -0.3 is 5.11 Å². The van der Waals surface area contributed by atoms with Crippen molar-refractivity contribution < 1.29 is 5.11 Å². The Morgan fingerprint density at radius 1 is 0.341 bits per heavy atom. The van der Waals surface area contributed by atoms with Crippen LogP contribution in [-0.4, -0.2) is 5.11 Å². The van der Waals surface area contributed by atoms with Crippen LogP contribution in [-0.2, 0) is 24.9 Å². The quantitative estimate of drug-likeness (QED) is 0.0805. The second-order valence-corrected chi connectivity index (χ2v) is 13.4. The van der Waals surface area contributed by atoms with Crippen LogP contribution in [0.3, 0.4) is 0 Å². The molecule has 0 aliphatic carbocycles. The number of rotatable bonds is 24. The highest BCUT2D eigenvalue weighted by Gasteiger charge is 2.33. The number of benzene rings is 3. The summed E-state index contributed by atoms with van der Waals surface area (Å²) in [6, 6.07) is 26.5. The Bertz CT molecular complexity index is 965. The number of hydrogen-bond donors (Lipinski definition) is 1. The fraction of sp³-hybridized carbons (Fsp3) is 0.581. The summed E-state index contributed by atoms with van der Waals surface area (Å²) in [7, 11) is 0. The van der Waals surface area contributed by atoms with Gasteiger partial charge in [0.1, 0.15) is 5.60 Å². The smallest absolute Gasteiger partial charge is 0.140 e. The molecule has 0 spiro atoms. The molecule has 1 heteroatoms. The zero-order valence-corrected chi connectivity index (χ0v) is 28.7. The highest BCUT2D eigenvalue weighted by molar-refractivity contribution is 5.48. The van der Waals surface area contributed by atoms with Crippen LogP contribution in [0.2, 0.25) is 0 Å². The van der Waals surface area contributed by atoms with E-state index in [-0.39, 0.29) is 0 Å². The lowest BCUT2D eigenvalue weighted by Crippen LogP contribution is -2.29. The van der Waals surface area contributed by atoms with E-state index in [1.807, 2.05) is 0 Å². The van der Waals surface area contributed by atoms with Crippen LogP contribution in [0.15, 0.2) is 72.8 Å². The van der Waals surface area contributed by atoms with E-state index in [9.17, 15) is 5.11 Å². The third kappa shape index (κ3) is 12.2. The van der Waals surface area contributed by atoms with Crippen molar-refractivity contribution in [2.24, 2.45) is 0 Å². The summed E-state index contributed by atoms with van der Waals surface area (Å²) < 4.78 is 0. The molecule has 1 N–H and O–H groups in total. The van der Waals surface area contributed by atoms with Crippen LogP contribution in [0.25, 0.3) is 0 Å². The van der Waals surface area contributed by atoms with Gasteiger partial charge in [-0.3, -0.25) is 0 Å². The molecule has 44 heavy (non-hydrogen) atoms. The minimum Gasteiger partial charge on any atom is -0.376 e. The van der Waals surface area contributed by atoms with Crippen molar-refractivity contribution in [3.63, 3.8) is 0 Å². The lowest BCUT2D eigenvalue weighted by Gasteiger charge is -2.31. The molecule has 3 aromatic carbocycles. The van der Waals surface area contributed by atoms with Gasteiger partial charge in [-0.1, -0.05) is 190 Å². The third-order valence-corrected chi connectivity index (χ3v) is 9.57. The molecule has 0 saturated carbocycles. The Kier molecular flexibility index (Phi) is 17.5. The molecule has 0 heterocycles. The van der Waals surface area contributed by atoms with Crippen LogP contribution >= 0.6 is 0 Å². The molecule has 0 amide bonds. The van der Waals surface area contributed by atoms with Crippen molar-refractivity contribution in [3.8, 4) is 0 Å². The highest BCUT2D eigenvalue weighted by Crippen LogP contribution is 2.37. The first-order valence-electron chi connectivity index (χ1n) is 18.6. The Morgan fingerprint density at radius 2 is 0.568 bits per heavy atom. The maximum atomic E-state index is 12.6. The molecule has 242 valence electrons. The predicted molar refractivity (Wildman–Crippen MR) is 193 cm³/mol. The first kappa shape index (κ1) is 36.1. The van der Waals surface area contributed by atoms with Gasteiger partial charge in [-0.15, -0.1) is 0 Å². The van der Waals surface area contributed by atoms with Gasteiger partial charge in [0.15, 0.2) is 0 Å². The highest BCUT2D eigenvalue weighted by atomic mass is 16.3. The molecule has 0 aliphatic rings. The third-order valence-electron chi connectivity index (χ3n) is 9.57. The van der Waals surface area contributed by atoms with Crippen molar-refractivity contribution in [3.05, 3.63) is 106 Å². The van der Waals surface area contributed by atoms with E-state index in [4.69, 9.17) is 0 Å². The standard InChI is InChI=1S/C43H64O/c1-4-7-10-13-16-19-22-37-25-31-40(32-26-37)43(44,41-33-27-38(28-34-41)23-20-17-14-11-8-5-2)42-35-29-39(30-36-42)24-21-18-15-12-9-6-3/h25-36,44H,4-24H2,1-3H3. The summed E-state index contributed by atoms with van der Waals surface area (Å²) in [4.78, 5) is 0. The molecule has 0 fully saturated rings. The molecule has 1 nitrogen and oxygen atoms in total. The van der Waals surface area contributed by atoms with Crippen molar-refractivity contribution in [1.29, 1.82) is 0 Å². The largest absolute Gasteiger partial charge is 0.376 e. The van der Waals surface area contributed by atoms with Crippen molar-refractivity contribution in [1.82, 2.24) is 0 Å². The summed E-state index contributed by atoms with van der Waals surface area (Å²) in [6.45, 7) is 6.83. The molecule has 0 atom stereocenters. The average Bonchev–Trinajstić information content (AvgIpc) is 3.06. The molecule has 0 bridgehead atoms. The van der Waals surface area contributed by atoms with E-state index in [0.29, 0.717) is 0 Å². The normalized spacial score (nSPS) is 11.7. The molecule has 3 rings (SSSR count). The molecule has 0 unspecified atom stereocenters. The number of unbranched alkanes of at least 4 members (excludes halogenated alkanes) is 15. The number of aliphatic hydroxyl groups is 1. The number of aryl methyl sites for hydroxylation is 3. The summed E-state index contributed by atoms with van der Waals surface area (Å²) in [6.07, 6.45) is 27.1. The fourth-order valence-corrected chi connectivity index (χ4v) is 6.57. The fourth-order valence-electron chi connectivity index (χ4n) is 6.57. The van der Waals surface area contributed by atoms with Gasteiger partial charge in [-0.2, -0.15) is 0 Å². The Morgan fingerprint density at radius 3 is 0.818 bits per heavy atom. The van der Waals surface area contributed by atoms with Gasteiger partial charge in [0.25, 0.3) is 0 Å². The molecule has 0 saturated heterocycles. The Labute approximate surface area is 271 Å². The monoisotopic (exact) mass is 596 g/mol. The van der Waals surface area contributed by atoms with Gasteiger partial charge in [-0.25, -0.2) is 0 Å². The van der Waals surface area contributed by atoms with E-state index in [1.54, 1.807) is 0 Å². The van der Waals surface area contributed by atoms with Gasteiger partial charge in [0.05, 0.1) is 0 Å². The summed E-state index contributed by atoms with van der Waals surface area (Å²) >= 11 is 0. The molecule has 0 aromatic heterocycles. The predicted octanol–water partition coefficient (Wildman–Crippen LogP) is 12.7. The van der Waals surface area contributed by atoms with Gasteiger partial charge in [-0.05, 0) is 71.9 Å². The van der Waals surface area contributed by atoms with Crippen molar-refractivity contribution >= 4 is 0 Å². The van der Waals surface area contributed by atoms with E-state index in [0.717, 1.165) is 36.0 Å². The zero-order valence-electron chi connectivity index (χ0n) is 28.7. The maximum absolute atomic E-state index is 12.6. The molecule has 3 aromatic rings. The van der Waals surface area contributed by atoms with Crippen LogP contribution in [0.4, 0.5) is 0 Å². The lowest BCUT2D eigenvalue weighted by molar-refractivity contribution is 0.125. The minimum atomic E-state index is -1.17. The average molecular weight is 597 g/mol. The Hall–Kier alpha value is -2.38. The zero-order chi connectivity index (χ0) is 31.3. The van der Waals surface area contributed by atoms with Crippen LogP contribution in [0, 0.1) is 0 Å². The topological polar surface area (TPSA) is 20.2 Å². The second kappa shape index (κ2) is 21.4. The maximum Gasteiger partial charge on any atom is 0.140 e. The molecular formula is C43H64O. The van der Waals surface area contributed by atoms with E-state index < -0.39 is 5.60 Å². The van der Waals surface area contributed by atoms with Gasteiger partial charge in [0.2, 0.25) is 0 Å².